The van der Waals surface area contributed by atoms with Crippen LogP contribution in [0.5, 0.6) is 0 Å². The zero-order valence-electron chi connectivity index (χ0n) is 22.0. The second-order valence-corrected chi connectivity index (χ2v) is 16.0. The first kappa shape index (κ1) is 26.7. The molecule has 196 valence electrons. The molecule has 0 unspecified atom stereocenters. The van der Waals surface area contributed by atoms with Crippen molar-refractivity contribution in [2.45, 2.75) is 89.3 Å². The number of ether oxygens (including phenoxy) is 1. The van der Waals surface area contributed by atoms with Crippen molar-refractivity contribution in [3.8, 4) is 0 Å². The van der Waals surface area contributed by atoms with Crippen LogP contribution in [0.1, 0.15) is 53.3 Å². The number of benzene rings is 1. The lowest BCUT2D eigenvalue weighted by atomic mass is 10.1. The van der Waals surface area contributed by atoms with Crippen LogP contribution in [0.3, 0.4) is 0 Å². The van der Waals surface area contributed by atoms with Gasteiger partial charge in [0.15, 0.2) is 31.5 Å². The predicted octanol–water partition coefficient (Wildman–Crippen LogP) is 4.25. The molecule has 0 spiro atoms. The highest BCUT2D eigenvalue weighted by molar-refractivity contribution is 6.77. The summed E-state index contributed by atoms with van der Waals surface area (Å²) in [6.45, 7) is 14.1. The normalized spacial score (nSPS) is 22.9. The Hall–Kier alpha value is -2.37. The summed E-state index contributed by atoms with van der Waals surface area (Å²) in [6, 6.07) is 10.0. The van der Waals surface area contributed by atoms with E-state index in [0.29, 0.717) is 40.2 Å². The maximum atomic E-state index is 10.9. The van der Waals surface area contributed by atoms with Crippen molar-refractivity contribution in [3.63, 3.8) is 0 Å². The van der Waals surface area contributed by atoms with Crippen LogP contribution in [0.25, 0.3) is 11.2 Å². The van der Waals surface area contributed by atoms with Gasteiger partial charge < -0.3 is 24.7 Å². The molecule has 4 atom stereocenters. The Morgan fingerprint density at radius 2 is 1.64 bits per heavy atom. The van der Waals surface area contributed by atoms with E-state index in [4.69, 9.17) is 9.16 Å². The topological polar surface area (TPSA) is 115 Å². The summed E-state index contributed by atoms with van der Waals surface area (Å²) in [4.78, 5) is 13.2. The number of nitrogens with one attached hydrogen (secondary N) is 1. The molecule has 0 aliphatic carbocycles. The number of fused-ring (bicyclic) bond motifs is 1. The highest BCUT2D eigenvalue weighted by Gasteiger charge is 2.49. The molecule has 3 N–H and O–H groups in total. The number of anilines is 1. The van der Waals surface area contributed by atoms with Crippen LogP contribution in [-0.4, -0.2) is 63.0 Å². The van der Waals surface area contributed by atoms with Gasteiger partial charge in [-0.1, -0.05) is 71.9 Å². The smallest absolute Gasteiger partial charge is 0.200 e. The summed E-state index contributed by atoms with van der Waals surface area (Å²) in [5, 5.41) is 25.1. The van der Waals surface area contributed by atoms with E-state index in [9.17, 15) is 10.2 Å². The van der Waals surface area contributed by atoms with E-state index < -0.39 is 32.9 Å². The van der Waals surface area contributed by atoms with Gasteiger partial charge in [0, 0.05) is 6.54 Å². The van der Waals surface area contributed by atoms with Crippen molar-refractivity contribution in [2.75, 3.05) is 11.9 Å². The van der Waals surface area contributed by atoms with E-state index in [0.717, 1.165) is 5.56 Å². The van der Waals surface area contributed by atoms with Crippen LogP contribution in [0.15, 0.2) is 43.0 Å². The molecule has 10 heteroatoms. The third kappa shape index (κ3) is 4.92. The summed E-state index contributed by atoms with van der Waals surface area (Å²) >= 11 is 0. The predicted molar refractivity (Wildman–Crippen MR) is 142 cm³/mol. The van der Waals surface area contributed by atoms with Crippen LogP contribution in [-0.2, 0) is 15.7 Å². The number of rotatable bonds is 10. The number of aromatic nitrogens is 4. The lowest BCUT2D eigenvalue weighted by Gasteiger charge is -2.42. The molecule has 0 bridgehead atoms. The second-order valence-electron chi connectivity index (χ2n) is 10.6. The summed E-state index contributed by atoms with van der Waals surface area (Å²) in [5.74, 6) is 0.595. The summed E-state index contributed by atoms with van der Waals surface area (Å²) in [5.41, 5.74) is 3.44. The lowest BCUT2D eigenvalue weighted by Crippen LogP contribution is -2.50. The first-order valence-electron chi connectivity index (χ1n) is 12.8. The van der Waals surface area contributed by atoms with Gasteiger partial charge in [-0.15, -0.1) is 0 Å². The van der Waals surface area contributed by atoms with E-state index >= 15 is 0 Å². The Balaban J connectivity index is 1.52. The van der Waals surface area contributed by atoms with Crippen LogP contribution in [0, 0.1) is 0 Å². The van der Waals surface area contributed by atoms with Crippen LogP contribution >= 0.6 is 0 Å². The molecule has 9 nitrogen and oxygen atoms in total. The number of aliphatic hydroxyl groups excluding tert-OH is 2. The minimum absolute atomic E-state index is 0.237. The summed E-state index contributed by atoms with van der Waals surface area (Å²) < 4.78 is 14.5. The molecule has 0 amide bonds. The first-order valence-corrected chi connectivity index (χ1v) is 14.9. The monoisotopic (exact) mass is 513 g/mol. The quantitative estimate of drug-likeness (QED) is 0.345. The molecule has 1 aliphatic heterocycles. The van der Waals surface area contributed by atoms with Crippen molar-refractivity contribution < 1.29 is 19.4 Å². The molecule has 3 aromatic rings. The zero-order chi connectivity index (χ0) is 26.0. The van der Waals surface area contributed by atoms with E-state index in [1.807, 2.05) is 30.3 Å². The number of hydrogen-bond acceptors (Lipinski definition) is 8. The zero-order valence-corrected chi connectivity index (χ0v) is 23.0. The fourth-order valence-corrected chi connectivity index (χ4v) is 11.2. The van der Waals surface area contributed by atoms with Gasteiger partial charge in [-0.3, -0.25) is 4.57 Å². The minimum Gasteiger partial charge on any atom is -0.413 e. The van der Waals surface area contributed by atoms with Crippen molar-refractivity contribution in [1.82, 2.24) is 19.5 Å². The van der Waals surface area contributed by atoms with Crippen LogP contribution in [0.2, 0.25) is 16.6 Å². The average molecular weight is 514 g/mol. The maximum absolute atomic E-state index is 10.9. The molecule has 0 saturated carbocycles. The SMILES string of the molecule is CC(C)[Si](OC[C@H]1O[C@@H](n2cnc3c(NCc4ccccc4)ncnc32)[C@H](O)[C@@H]1O)(C(C)C)C(C)C. The van der Waals surface area contributed by atoms with Crippen molar-refractivity contribution in [3.05, 3.63) is 48.5 Å². The van der Waals surface area contributed by atoms with Gasteiger partial charge in [-0.2, -0.15) is 0 Å². The Morgan fingerprint density at radius 1 is 0.972 bits per heavy atom. The molecular formula is C26H39N5O4Si. The van der Waals surface area contributed by atoms with E-state index in [2.05, 4.69) is 61.8 Å². The van der Waals surface area contributed by atoms with Crippen molar-refractivity contribution in [1.29, 1.82) is 0 Å². The molecule has 2 aromatic heterocycles. The highest BCUT2D eigenvalue weighted by atomic mass is 28.4. The molecule has 1 fully saturated rings. The van der Waals surface area contributed by atoms with E-state index in [1.165, 1.54) is 6.33 Å². The van der Waals surface area contributed by atoms with Gasteiger partial charge in [-0.05, 0) is 22.2 Å². The second kappa shape index (κ2) is 10.9. The highest BCUT2D eigenvalue weighted by Crippen LogP contribution is 2.43. The third-order valence-electron chi connectivity index (χ3n) is 7.48. The number of imidazole rings is 1. The fraction of sp³-hybridized carbons (Fsp3) is 0.577. The average Bonchev–Trinajstić information content (AvgIpc) is 3.39. The molecular weight excluding hydrogens is 474 g/mol. The molecule has 0 radical (unpaired) electrons. The Bertz CT molecular complexity index is 1120. The lowest BCUT2D eigenvalue weighted by molar-refractivity contribution is -0.0495. The molecule has 1 aromatic carbocycles. The molecule has 36 heavy (non-hydrogen) atoms. The standard InChI is InChI=1S/C26H39N5O4Si/c1-16(2)36(17(3)4,18(5)6)34-13-20-22(32)23(33)26(35-20)31-15-30-21-24(28-14-29-25(21)31)27-12-19-10-8-7-9-11-19/h7-11,14-18,20,22-23,26,32-33H,12-13H2,1-6H3,(H,27,28,29)/t20-,22-,23-,26-/m1/s1. The Morgan fingerprint density at radius 3 is 2.28 bits per heavy atom. The number of hydrogen-bond donors (Lipinski definition) is 3. The van der Waals surface area contributed by atoms with Gasteiger partial charge in [0.2, 0.25) is 0 Å². The summed E-state index contributed by atoms with van der Waals surface area (Å²) in [7, 11) is -2.14. The van der Waals surface area contributed by atoms with Crippen molar-refractivity contribution in [2.24, 2.45) is 0 Å². The van der Waals surface area contributed by atoms with Gasteiger partial charge in [0.25, 0.3) is 0 Å². The fourth-order valence-electron chi connectivity index (χ4n) is 5.77. The van der Waals surface area contributed by atoms with E-state index in [-0.39, 0.29) is 6.61 Å². The van der Waals surface area contributed by atoms with Gasteiger partial charge >= 0.3 is 0 Å². The maximum Gasteiger partial charge on any atom is 0.200 e. The van der Waals surface area contributed by atoms with Crippen LogP contribution < -0.4 is 5.32 Å². The molecule has 1 aliphatic rings. The third-order valence-corrected chi connectivity index (χ3v) is 13.6. The largest absolute Gasteiger partial charge is 0.413 e. The summed E-state index contributed by atoms with van der Waals surface area (Å²) in [6.07, 6.45) is -0.665. The molecule has 3 heterocycles. The Labute approximate surface area is 214 Å². The number of nitrogens with zero attached hydrogens (tertiary/aromatic N) is 4. The van der Waals surface area contributed by atoms with E-state index in [1.54, 1.807) is 10.9 Å². The van der Waals surface area contributed by atoms with Crippen molar-refractivity contribution >= 4 is 25.3 Å². The molecule has 4 rings (SSSR count). The van der Waals surface area contributed by atoms with Gasteiger partial charge in [0.1, 0.15) is 24.6 Å². The minimum atomic E-state index is -2.14. The Kier molecular flexibility index (Phi) is 8.11. The van der Waals surface area contributed by atoms with Gasteiger partial charge in [-0.25, -0.2) is 15.0 Å². The number of aliphatic hydroxyl groups is 2. The molecule has 1 saturated heterocycles. The first-order chi connectivity index (χ1) is 17.2. The van der Waals surface area contributed by atoms with Gasteiger partial charge in [0.05, 0.1) is 12.9 Å². The van der Waals surface area contributed by atoms with Crippen LogP contribution in [0.4, 0.5) is 5.82 Å².